The highest BCUT2D eigenvalue weighted by Gasteiger charge is 2.43. The van der Waals surface area contributed by atoms with Gasteiger partial charge in [0.15, 0.2) is 0 Å². The van der Waals surface area contributed by atoms with Crippen LogP contribution in [0.1, 0.15) is 12.0 Å². The van der Waals surface area contributed by atoms with Crippen molar-refractivity contribution in [3.8, 4) is 0 Å². The molecule has 0 aromatic heterocycles. The van der Waals surface area contributed by atoms with E-state index in [1.54, 1.807) is 5.01 Å². The number of halogens is 1. The van der Waals surface area contributed by atoms with Crippen LogP contribution >= 0.6 is 11.6 Å². The SMILES string of the molecule is O=C1C2CN(Cc3ccc(Cl)cc3)CCC2NN1c1ccccc1. The highest BCUT2D eigenvalue weighted by molar-refractivity contribution is 6.30. The number of nitrogens with one attached hydrogen (secondary N) is 1. The van der Waals surface area contributed by atoms with Crippen LogP contribution in [0.3, 0.4) is 0 Å². The van der Waals surface area contributed by atoms with Gasteiger partial charge in [-0.15, -0.1) is 0 Å². The quantitative estimate of drug-likeness (QED) is 0.932. The molecule has 4 nitrogen and oxygen atoms in total. The molecule has 0 radical (unpaired) electrons. The van der Waals surface area contributed by atoms with Gasteiger partial charge in [-0.25, -0.2) is 10.4 Å². The fourth-order valence-electron chi connectivity index (χ4n) is 3.59. The molecule has 0 spiro atoms. The molecule has 2 aliphatic heterocycles. The van der Waals surface area contributed by atoms with Crippen molar-refractivity contribution in [3.05, 3.63) is 65.2 Å². The Kier molecular flexibility index (Phi) is 4.27. The standard InChI is InChI=1S/C19H20ClN3O/c20-15-8-6-14(7-9-15)12-22-11-10-18-17(13-22)19(24)23(21-18)16-4-2-1-3-5-16/h1-9,17-18,21H,10-13H2. The molecule has 2 unspecified atom stereocenters. The first-order valence-electron chi connectivity index (χ1n) is 8.33. The number of piperidine rings is 1. The summed E-state index contributed by atoms with van der Waals surface area (Å²) in [6, 6.07) is 18.0. The number of nitrogens with zero attached hydrogens (tertiary/aromatic N) is 2. The Morgan fingerprint density at radius 2 is 1.83 bits per heavy atom. The molecule has 2 aromatic carbocycles. The molecular formula is C19H20ClN3O. The minimum atomic E-state index is 0.0197. The lowest BCUT2D eigenvalue weighted by Gasteiger charge is -2.32. The van der Waals surface area contributed by atoms with Crippen LogP contribution < -0.4 is 10.4 Å². The van der Waals surface area contributed by atoms with E-state index in [1.165, 1.54) is 5.56 Å². The summed E-state index contributed by atoms with van der Waals surface area (Å²) in [5, 5.41) is 2.48. The molecule has 0 bridgehead atoms. The van der Waals surface area contributed by atoms with Crippen LogP contribution in [0.15, 0.2) is 54.6 Å². The minimum absolute atomic E-state index is 0.0197. The Bertz CT molecular complexity index is 719. The highest BCUT2D eigenvalue weighted by atomic mass is 35.5. The Morgan fingerprint density at radius 3 is 2.58 bits per heavy atom. The Balaban J connectivity index is 1.45. The number of anilines is 1. The van der Waals surface area contributed by atoms with Gasteiger partial charge in [-0.1, -0.05) is 41.9 Å². The van der Waals surface area contributed by atoms with E-state index in [0.717, 1.165) is 36.8 Å². The van der Waals surface area contributed by atoms with Gasteiger partial charge in [-0.2, -0.15) is 0 Å². The zero-order valence-corrected chi connectivity index (χ0v) is 14.1. The van der Waals surface area contributed by atoms with Gasteiger partial charge in [-0.3, -0.25) is 9.69 Å². The summed E-state index contributed by atoms with van der Waals surface area (Å²) in [4.78, 5) is 15.2. The highest BCUT2D eigenvalue weighted by Crippen LogP contribution is 2.29. The van der Waals surface area contributed by atoms with Gasteiger partial charge in [0.25, 0.3) is 0 Å². The zero-order valence-electron chi connectivity index (χ0n) is 13.4. The van der Waals surface area contributed by atoms with Gasteiger partial charge in [0.05, 0.1) is 11.6 Å². The molecule has 24 heavy (non-hydrogen) atoms. The number of rotatable bonds is 3. The number of carbonyl (C=O) groups is 1. The summed E-state index contributed by atoms with van der Waals surface area (Å²) in [6.07, 6.45) is 0.979. The molecule has 1 N–H and O–H groups in total. The number of fused-ring (bicyclic) bond motifs is 1. The average molecular weight is 342 g/mol. The predicted molar refractivity (Wildman–Crippen MR) is 95.7 cm³/mol. The van der Waals surface area contributed by atoms with Crippen LogP contribution in [0, 0.1) is 5.92 Å². The summed E-state index contributed by atoms with van der Waals surface area (Å²) >= 11 is 5.95. The molecule has 2 atom stereocenters. The van der Waals surface area contributed by atoms with Crippen molar-refractivity contribution in [2.45, 2.75) is 19.0 Å². The Labute approximate surface area is 147 Å². The molecule has 2 saturated heterocycles. The van der Waals surface area contributed by atoms with E-state index in [1.807, 2.05) is 42.5 Å². The van der Waals surface area contributed by atoms with E-state index in [0.29, 0.717) is 0 Å². The van der Waals surface area contributed by atoms with E-state index >= 15 is 0 Å². The first-order valence-corrected chi connectivity index (χ1v) is 8.70. The van der Waals surface area contributed by atoms with Gasteiger partial charge in [-0.05, 0) is 36.2 Å². The van der Waals surface area contributed by atoms with Crippen LogP contribution in [-0.4, -0.2) is 29.9 Å². The number of amides is 1. The number of hydrogen-bond acceptors (Lipinski definition) is 3. The van der Waals surface area contributed by atoms with Gasteiger partial charge in [0.2, 0.25) is 5.91 Å². The fraction of sp³-hybridized carbons (Fsp3) is 0.316. The van der Waals surface area contributed by atoms with E-state index in [4.69, 9.17) is 11.6 Å². The maximum absolute atomic E-state index is 12.8. The van der Waals surface area contributed by atoms with Crippen LogP contribution in [-0.2, 0) is 11.3 Å². The number of carbonyl (C=O) groups excluding carboxylic acids is 1. The maximum atomic E-state index is 12.8. The number of benzene rings is 2. The van der Waals surface area contributed by atoms with E-state index in [9.17, 15) is 4.79 Å². The summed E-state index contributed by atoms with van der Waals surface area (Å²) in [5.41, 5.74) is 5.54. The van der Waals surface area contributed by atoms with Crippen LogP contribution in [0.4, 0.5) is 5.69 Å². The van der Waals surface area contributed by atoms with Crippen molar-refractivity contribution in [2.24, 2.45) is 5.92 Å². The van der Waals surface area contributed by atoms with Gasteiger partial charge >= 0.3 is 0 Å². The molecule has 5 heteroatoms. The Morgan fingerprint density at radius 1 is 1.08 bits per heavy atom. The van der Waals surface area contributed by atoms with Crippen molar-refractivity contribution in [2.75, 3.05) is 18.1 Å². The van der Waals surface area contributed by atoms with Gasteiger partial charge in [0.1, 0.15) is 0 Å². The van der Waals surface area contributed by atoms with E-state index in [2.05, 4.69) is 22.5 Å². The van der Waals surface area contributed by atoms with Gasteiger partial charge in [0, 0.05) is 30.7 Å². The van der Waals surface area contributed by atoms with Crippen molar-refractivity contribution < 1.29 is 4.79 Å². The largest absolute Gasteiger partial charge is 0.298 e. The number of hydrazine groups is 1. The first kappa shape index (κ1) is 15.6. The zero-order chi connectivity index (χ0) is 16.5. The summed E-state index contributed by atoms with van der Waals surface area (Å²) < 4.78 is 0. The second-order valence-electron chi connectivity index (χ2n) is 6.50. The molecule has 124 valence electrons. The monoisotopic (exact) mass is 341 g/mol. The first-order chi connectivity index (χ1) is 11.7. The molecule has 2 fully saturated rings. The lowest BCUT2D eigenvalue weighted by molar-refractivity contribution is -0.121. The minimum Gasteiger partial charge on any atom is -0.298 e. The number of hydrogen-bond donors (Lipinski definition) is 1. The lowest BCUT2D eigenvalue weighted by atomic mass is 9.93. The van der Waals surface area contributed by atoms with Crippen molar-refractivity contribution in [1.82, 2.24) is 10.3 Å². The van der Waals surface area contributed by atoms with Crippen LogP contribution in [0.5, 0.6) is 0 Å². The summed E-state index contributed by atoms with van der Waals surface area (Å²) in [7, 11) is 0. The third-order valence-corrected chi connectivity index (χ3v) is 5.12. The van der Waals surface area contributed by atoms with Crippen LogP contribution in [0.25, 0.3) is 0 Å². The molecular weight excluding hydrogens is 322 g/mol. The second-order valence-corrected chi connectivity index (χ2v) is 6.94. The fourth-order valence-corrected chi connectivity index (χ4v) is 3.72. The van der Waals surface area contributed by atoms with Crippen molar-refractivity contribution in [3.63, 3.8) is 0 Å². The number of para-hydroxylation sites is 1. The maximum Gasteiger partial charge on any atom is 0.247 e. The molecule has 2 aliphatic rings. The summed E-state index contributed by atoms with van der Waals surface area (Å²) in [6.45, 7) is 2.65. The van der Waals surface area contributed by atoms with Crippen molar-refractivity contribution in [1.29, 1.82) is 0 Å². The van der Waals surface area contributed by atoms with Crippen molar-refractivity contribution >= 4 is 23.2 Å². The van der Waals surface area contributed by atoms with Gasteiger partial charge < -0.3 is 0 Å². The Hall–Kier alpha value is -1.88. The molecule has 4 rings (SSSR count). The molecule has 2 heterocycles. The predicted octanol–water partition coefficient (Wildman–Crippen LogP) is 3.08. The topological polar surface area (TPSA) is 35.6 Å². The molecule has 2 aromatic rings. The second kappa shape index (κ2) is 6.55. The third kappa shape index (κ3) is 3.05. The average Bonchev–Trinajstić information content (AvgIpc) is 2.94. The van der Waals surface area contributed by atoms with E-state index in [-0.39, 0.29) is 17.9 Å². The molecule has 1 amide bonds. The normalized spacial score (nSPS) is 24.2. The smallest absolute Gasteiger partial charge is 0.247 e. The summed E-state index contributed by atoms with van der Waals surface area (Å²) in [5.74, 6) is 0.193. The molecule has 0 aliphatic carbocycles. The number of likely N-dealkylation sites (tertiary alicyclic amines) is 1. The van der Waals surface area contributed by atoms with Crippen LogP contribution in [0.2, 0.25) is 5.02 Å². The lowest BCUT2D eigenvalue weighted by Crippen LogP contribution is -2.45. The molecule has 0 saturated carbocycles. The third-order valence-electron chi connectivity index (χ3n) is 4.86. The van der Waals surface area contributed by atoms with E-state index < -0.39 is 0 Å².